The quantitative estimate of drug-likeness (QED) is 0.653. The molecule has 2 heterocycles. The van der Waals surface area contributed by atoms with Crippen LogP contribution < -0.4 is 10.2 Å². The van der Waals surface area contributed by atoms with Crippen molar-refractivity contribution < 1.29 is 9.53 Å². The molecule has 0 aliphatic carbocycles. The van der Waals surface area contributed by atoms with Crippen LogP contribution in [-0.2, 0) is 4.79 Å². The summed E-state index contributed by atoms with van der Waals surface area (Å²) < 4.78 is 7.19. The van der Waals surface area contributed by atoms with Gasteiger partial charge in [-0.3, -0.25) is 4.79 Å². The van der Waals surface area contributed by atoms with Gasteiger partial charge >= 0.3 is 0 Å². The van der Waals surface area contributed by atoms with E-state index in [9.17, 15) is 4.79 Å². The van der Waals surface area contributed by atoms with Crippen molar-refractivity contribution >= 4 is 17.7 Å². The molecule has 0 saturated carbocycles. The van der Waals surface area contributed by atoms with E-state index in [1.165, 1.54) is 11.8 Å². The number of carbonyl (C=O) groups is 1. The van der Waals surface area contributed by atoms with Gasteiger partial charge in [0.25, 0.3) is 0 Å². The molecule has 2 aromatic carbocycles. The lowest BCUT2D eigenvalue weighted by Crippen LogP contribution is -2.46. The molecule has 0 bridgehead atoms. The lowest BCUT2D eigenvalue weighted by atomic mass is 10.0. The molecule has 7 nitrogen and oxygen atoms in total. The molecule has 3 aromatic rings. The van der Waals surface area contributed by atoms with E-state index >= 15 is 0 Å². The van der Waals surface area contributed by atoms with Crippen LogP contribution in [0.25, 0.3) is 11.4 Å². The van der Waals surface area contributed by atoms with Gasteiger partial charge in [0.05, 0.1) is 13.2 Å². The maximum absolute atomic E-state index is 13.3. The molecular weight excluding hydrogens is 398 g/mol. The van der Waals surface area contributed by atoms with Crippen LogP contribution in [0.3, 0.4) is 0 Å². The molecule has 0 unspecified atom stereocenters. The van der Waals surface area contributed by atoms with Crippen molar-refractivity contribution in [1.82, 2.24) is 19.8 Å². The second-order valence-electron chi connectivity index (χ2n) is 6.94. The first-order valence-corrected chi connectivity index (χ1v) is 10.9. The van der Waals surface area contributed by atoms with E-state index in [2.05, 4.69) is 15.6 Å². The summed E-state index contributed by atoms with van der Waals surface area (Å²) in [7, 11) is 1.64. The molecule has 156 valence electrons. The highest BCUT2D eigenvalue weighted by molar-refractivity contribution is 8.00. The SMILES string of the molecule is CCN(CC)C(=O)[C@H]1Sc2nnc(-c3ccccc3)n2N[C@H]1c1ccc(OC)cc1. The standard InChI is InChI=1S/C22H25N5O2S/c1-4-26(5-2)21(28)19-18(15-11-13-17(29-3)14-12-15)25-27-20(23-24-22(27)30-19)16-9-7-6-8-10-16/h6-14,18-19,25H,4-5H2,1-3H3/t18-,19-/m0/s1. The first-order chi connectivity index (χ1) is 14.7. The zero-order valence-corrected chi connectivity index (χ0v) is 18.1. The van der Waals surface area contributed by atoms with Crippen LogP contribution in [0.15, 0.2) is 59.8 Å². The summed E-state index contributed by atoms with van der Waals surface area (Å²) in [5.41, 5.74) is 5.49. The van der Waals surface area contributed by atoms with Crippen molar-refractivity contribution in [2.45, 2.75) is 30.3 Å². The maximum atomic E-state index is 13.3. The fourth-order valence-electron chi connectivity index (χ4n) is 3.59. The molecule has 1 aliphatic rings. The summed E-state index contributed by atoms with van der Waals surface area (Å²) in [4.78, 5) is 15.2. The zero-order chi connectivity index (χ0) is 21.1. The van der Waals surface area contributed by atoms with Crippen LogP contribution in [0, 0.1) is 0 Å². The molecule has 1 aromatic heterocycles. The number of aromatic nitrogens is 3. The number of nitrogens with one attached hydrogen (secondary N) is 1. The van der Waals surface area contributed by atoms with Gasteiger partial charge in [0.1, 0.15) is 11.0 Å². The van der Waals surface area contributed by atoms with Gasteiger partial charge in [-0.25, -0.2) is 4.68 Å². The van der Waals surface area contributed by atoms with E-state index in [0.29, 0.717) is 18.2 Å². The number of thioether (sulfide) groups is 1. The van der Waals surface area contributed by atoms with Gasteiger partial charge in [-0.05, 0) is 31.5 Å². The van der Waals surface area contributed by atoms with Crippen LogP contribution in [0.1, 0.15) is 25.5 Å². The average molecular weight is 424 g/mol. The van der Waals surface area contributed by atoms with Gasteiger partial charge < -0.3 is 15.1 Å². The summed E-state index contributed by atoms with van der Waals surface area (Å²) in [6, 6.07) is 17.5. The molecule has 0 radical (unpaired) electrons. The van der Waals surface area contributed by atoms with Crippen molar-refractivity contribution in [3.63, 3.8) is 0 Å². The average Bonchev–Trinajstić information content (AvgIpc) is 3.22. The van der Waals surface area contributed by atoms with Gasteiger partial charge in [0, 0.05) is 18.7 Å². The summed E-state index contributed by atoms with van der Waals surface area (Å²) in [5, 5.41) is 9.08. The molecule has 1 aliphatic heterocycles. The largest absolute Gasteiger partial charge is 0.497 e. The third-order valence-corrected chi connectivity index (χ3v) is 6.46. The number of fused-ring (bicyclic) bond motifs is 1. The monoisotopic (exact) mass is 423 g/mol. The van der Waals surface area contributed by atoms with Crippen molar-refractivity contribution in [1.29, 1.82) is 0 Å². The van der Waals surface area contributed by atoms with Gasteiger partial charge in [-0.15, -0.1) is 10.2 Å². The Bertz CT molecular complexity index is 1000. The Balaban J connectivity index is 1.75. The smallest absolute Gasteiger partial charge is 0.238 e. The highest BCUT2D eigenvalue weighted by atomic mass is 32.2. The summed E-state index contributed by atoms with van der Waals surface area (Å²) >= 11 is 1.46. The molecule has 0 spiro atoms. The Morgan fingerprint density at radius 2 is 1.80 bits per heavy atom. The number of methoxy groups -OCH3 is 1. The second kappa shape index (κ2) is 8.79. The van der Waals surface area contributed by atoms with E-state index in [-0.39, 0.29) is 17.2 Å². The third kappa shape index (κ3) is 3.75. The maximum Gasteiger partial charge on any atom is 0.238 e. The van der Waals surface area contributed by atoms with Crippen molar-refractivity contribution in [3.8, 4) is 17.1 Å². The molecule has 1 amide bonds. The molecule has 0 fully saturated rings. The topological polar surface area (TPSA) is 72.3 Å². The minimum absolute atomic E-state index is 0.0915. The van der Waals surface area contributed by atoms with E-state index in [4.69, 9.17) is 4.74 Å². The Labute approximate surface area is 180 Å². The van der Waals surface area contributed by atoms with E-state index in [1.54, 1.807) is 7.11 Å². The molecule has 2 atom stereocenters. The van der Waals surface area contributed by atoms with Crippen molar-refractivity contribution in [2.24, 2.45) is 0 Å². The normalized spacial score (nSPS) is 17.7. The number of rotatable bonds is 6. The third-order valence-electron chi connectivity index (χ3n) is 5.26. The summed E-state index contributed by atoms with van der Waals surface area (Å²) in [6.45, 7) is 5.34. The number of benzene rings is 2. The van der Waals surface area contributed by atoms with Crippen molar-refractivity contribution in [3.05, 3.63) is 60.2 Å². The van der Waals surface area contributed by atoms with Crippen LogP contribution in [0.2, 0.25) is 0 Å². The number of hydrogen-bond donors (Lipinski definition) is 1. The van der Waals surface area contributed by atoms with Crippen LogP contribution in [0.5, 0.6) is 5.75 Å². The summed E-state index contributed by atoms with van der Waals surface area (Å²) in [5.74, 6) is 1.60. The summed E-state index contributed by atoms with van der Waals surface area (Å²) in [6.07, 6.45) is 0. The van der Waals surface area contributed by atoms with E-state index < -0.39 is 0 Å². The fraction of sp³-hybridized carbons (Fsp3) is 0.318. The van der Waals surface area contributed by atoms with E-state index in [1.807, 2.05) is 78.0 Å². The Kier molecular flexibility index (Phi) is 5.94. The number of carbonyl (C=O) groups excluding carboxylic acids is 1. The van der Waals surface area contributed by atoms with Gasteiger partial charge in [0.2, 0.25) is 11.1 Å². The molecule has 1 N–H and O–H groups in total. The van der Waals surface area contributed by atoms with Gasteiger partial charge in [0.15, 0.2) is 5.82 Å². The minimum Gasteiger partial charge on any atom is -0.497 e. The number of ether oxygens (including phenoxy) is 1. The highest BCUT2D eigenvalue weighted by Crippen LogP contribution is 2.39. The highest BCUT2D eigenvalue weighted by Gasteiger charge is 2.39. The molecule has 8 heteroatoms. The molecular formula is C22H25N5O2S. The molecule has 30 heavy (non-hydrogen) atoms. The number of amides is 1. The fourth-order valence-corrected chi connectivity index (χ4v) is 4.76. The van der Waals surface area contributed by atoms with Gasteiger partial charge in [-0.1, -0.05) is 54.2 Å². The Morgan fingerprint density at radius 3 is 2.43 bits per heavy atom. The number of hydrogen-bond acceptors (Lipinski definition) is 6. The van der Waals surface area contributed by atoms with Crippen LogP contribution >= 0.6 is 11.8 Å². The van der Waals surface area contributed by atoms with Crippen LogP contribution in [-0.4, -0.2) is 51.1 Å². The Hall–Kier alpha value is -3.00. The first kappa shape index (κ1) is 20.3. The second-order valence-corrected chi connectivity index (χ2v) is 8.05. The van der Waals surface area contributed by atoms with Crippen LogP contribution in [0.4, 0.5) is 0 Å². The zero-order valence-electron chi connectivity index (χ0n) is 17.3. The lowest BCUT2D eigenvalue weighted by Gasteiger charge is -2.35. The first-order valence-electron chi connectivity index (χ1n) is 10.0. The molecule has 0 saturated heterocycles. The molecule has 4 rings (SSSR count). The predicted molar refractivity (Wildman–Crippen MR) is 118 cm³/mol. The van der Waals surface area contributed by atoms with Gasteiger partial charge in [-0.2, -0.15) is 0 Å². The Morgan fingerprint density at radius 1 is 1.10 bits per heavy atom. The lowest BCUT2D eigenvalue weighted by molar-refractivity contribution is -0.130. The van der Waals surface area contributed by atoms with E-state index in [0.717, 1.165) is 22.7 Å². The number of nitrogens with zero attached hydrogens (tertiary/aromatic N) is 4. The van der Waals surface area contributed by atoms with Crippen molar-refractivity contribution in [2.75, 3.05) is 25.6 Å². The minimum atomic E-state index is -0.349. The predicted octanol–water partition coefficient (Wildman–Crippen LogP) is 3.58.